The van der Waals surface area contributed by atoms with E-state index in [1.54, 1.807) is 6.26 Å². The summed E-state index contributed by atoms with van der Waals surface area (Å²) in [5.41, 5.74) is 2.24. The monoisotopic (exact) mass is 283 g/mol. The Morgan fingerprint density at radius 3 is 2.71 bits per heavy atom. The Morgan fingerprint density at radius 1 is 1.14 bits per heavy atom. The Hall–Kier alpha value is -2.02. The Labute approximate surface area is 126 Å². The first-order chi connectivity index (χ1) is 10.3. The summed E-state index contributed by atoms with van der Waals surface area (Å²) in [7, 11) is 0. The predicted molar refractivity (Wildman–Crippen MR) is 83.5 cm³/mol. The van der Waals surface area contributed by atoms with Crippen LogP contribution in [0.2, 0.25) is 0 Å². The fourth-order valence-corrected chi connectivity index (χ4v) is 2.14. The Kier molecular flexibility index (Phi) is 6.08. The van der Waals surface area contributed by atoms with Gasteiger partial charge in [-0.25, -0.2) is 0 Å². The summed E-state index contributed by atoms with van der Waals surface area (Å²) in [4.78, 5) is 2.31. The van der Waals surface area contributed by atoms with Crippen LogP contribution in [0.1, 0.15) is 30.2 Å². The van der Waals surface area contributed by atoms with E-state index in [4.69, 9.17) is 9.52 Å². The average Bonchev–Trinajstić information content (AvgIpc) is 3.01. The number of benzene rings is 1. The second-order valence-corrected chi connectivity index (χ2v) is 4.82. The maximum Gasteiger partial charge on any atom is 0.117 e. The molecule has 0 radical (unpaired) electrons. The molecule has 0 unspecified atom stereocenters. The molecule has 0 aliphatic carbocycles. The largest absolute Gasteiger partial charge is 0.468 e. The van der Waals surface area contributed by atoms with Gasteiger partial charge in [-0.2, -0.15) is 0 Å². The summed E-state index contributed by atoms with van der Waals surface area (Å²) in [5, 5.41) is 8.82. The molecule has 0 spiro atoms. The highest BCUT2D eigenvalue weighted by molar-refractivity contribution is 5.41. The van der Waals surface area contributed by atoms with E-state index in [1.807, 2.05) is 30.3 Å². The molecule has 0 atom stereocenters. The molecule has 0 amide bonds. The number of furan rings is 1. The first-order valence-electron chi connectivity index (χ1n) is 7.26. The highest BCUT2D eigenvalue weighted by Crippen LogP contribution is 2.13. The van der Waals surface area contributed by atoms with E-state index in [9.17, 15) is 0 Å². The average molecular weight is 283 g/mol. The summed E-state index contributed by atoms with van der Waals surface area (Å²) in [5.74, 6) is 7.11. The zero-order chi connectivity index (χ0) is 14.9. The topological polar surface area (TPSA) is 36.6 Å². The molecule has 0 aliphatic rings. The van der Waals surface area contributed by atoms with E-state index in [1.165, 1.54) is 5.56 Å². The maximum absolute atomic E-state index is 8.82. The van der Waals surface area contributed by atoms with Crippen LogP contribution in [0.25, 0.3) is 0 Å². The van der Waals surface area contributed by atoms with Crippen molar-refractivity contribution in [2.24, 2.45) is 0 Å². The molecule has 0 saturated carbocycles. The van der Waals surface area contributed by atoms with Gasteiger partial charge in [0.2, 0.25) is 0 Å². The molecule has 1 N–H and O–H groups in total. The van der Waals surface area contributed by atoms with E-state index in [-0.39, 0.29) is 6.61 Å². The minimum absolute atomic E-state index is 0.106. The lowest BCUT2D eigenvalue weighted by Gasteiger charge is -2.20. The van der Waals surface area contributed by atoms with Gasteiger partial charge in [0, 0.05) is 18.5 Å². The van der Waals surface area contributed by atoms with E-state index in [0.29, 0.717) is 6.42 Å². The first kappa shape index (κ1) is 15.4. The molecule has 0 bridgehead atoms. The van der Waals surface area contributed by atoms with Gasteiger partial charge in [-0.15, -0.1) is 0 Å². The van der Waals surface area contributed by atoms with Gasteiger partial charge in [0.25, 0.3) is 0 Å². The molecule has 3 heteroatoms. The van der Waals surface area contributed by atoms with Crippen LogP contribution >= 0.6 is 0 Å². The van der Waals surface area contributed by atoms with Crippen LogP contribution in [-0.4, -0.2) is 23.2 Å². The minimum Gasteiger partial charge on any atom is -0.468 e. The van der Waals surface area contributed by atoms with Crippen LogP contribution in [0.15, 0.2) is 47.1 Å². The lowest BCUT2D eigenvalue weighted by atomic mass is 10.1. The normalized spacial score (nSPS) is 10.4. The summed E-state index contributed by atoms with van der Waals surface area (Å²) >= 11 is 0. The van der Waals surface area contributed by atoms with Gasteiger partial charge in [0.05, 0.1) is 19.4 Å². The zero-order valence-corrected chi connectivity index (χ0v) is 12.4. The Bertz CT molecular complexity index is 593. The lowest BCUT2D eigenvalue weighted by molar-refractivity contribution is 0.247. The molecule has 21 heavy (non-hydrogen) atoms. The second-order valence-electron chi connectivity index (χ2n) is 4.82. The molecule has 3 nitrogen and oxygen atoms in total. The predicted octanol–water partition coefficient (Wildman–Crippen LogP) is 3.04. The van der Waals surface area contributed by atoms with E-state index < -0.39 is 0 Å². The third-order valence-corrected chi connectivity index (χ3v) is 3.28. The summed E-state index contributed by atoms with van der Waals surface area (Å²) < 4.78 is 5.42. The molecule has 1 aromatic carbocycles. The van der Waals surface area contributed by atoms with Gasteiger partial charge in [0.1, 0.15) is 5.76 Å². The van der Waals surface area contributed by atoms with Crippen molar-refractivity contribution in [1.29, 1.82) is 0 Å². The Morgan fingerprint density at radius 2 is 2.00 bits per heavy atom. The van der Waals surface area contributed by atoms with Crippen LogP contribution in [-0.2, 0) is 13.1 Å². The summed E-state index contributed by atoms with van der Waals surface area (Å²) in [6.07, 6.45) is 2.22. The van der Waals surface area contributed by atoms with Gasteiger partial charge < -0.3 is 9.52 Å². The van der Waals surface area contributed by atoms with Crippen LogP contribution in [0, 0.1) is 11.8 Å². The number of hydrogen-bond donors (Lipinski definition) is 1. The molecule has 2 aromatic rings. The standard InChI is InChI=1S/C18H21NO2/c1-2-19(15-18-11-7-13-21-18)14-17-10-4-3-8-16(17)9-5-6-12-20/h3-4,7-8,10-11,13,20H,2,6,12,14-15H2,1H3. The number of aliphatic hydroxyl groups excluding tert-OH is 1. The van der Waals surface area contributed by atoms with Gasteiger partial charge in [-0.1, -0.05) is 37.0 Å². The highest BCUT2D eigenvalue weighted by atomic mass is 16.3. The van der Waals surface area contributed by atoms with E-state index in [2.05, 4.69) is 29.7 Å². The van der Waals surface area contributed by atoms with E-state index in [0.717, 1.165) is 31.0 Å². The quantitative estimate of drug-likeness (QED) is 0.828. The molecule has 0 aliphatic heterocycles. The molecule has 1 heterocycles. The SMILES string of the molecule is CCN(Cc1ccco1)Cc1ccccc1C#CCCO. The fraction of sp³-hybridized carbons (Fsp3) is 0.333. The number of rotatable bonds is 6. The van der Waals surface area contributed by atoms with Crippen LogP contribution in [0.4, 0.5) is 0 Å². The van der Waals surface area contributed by atoms with Crippen molar-refractivity contribution in [2.45, 2.75) is 26.4 Å². The third-order valence-electron chi connectivity index (χ3n) is 3.28. The smallest absolute Gasteiger partial charge is 0.117 e. The summed E-state index contributed by atoms with van der Waals surface area (Å²) in [6.45, 7) is 4.82. The van der Waals surface area contributed by atoms with Crippen LogP contribution < -0.4 is 0 Å². The van der Waals surface area contributed by atoms with Gasteiger partial charge in [-0.3, -0.25) is 4.90 Å². The second kappa shape index (κ2) is 8.31. The summed E-state index contributed by atoms with van der Waals surface area (Å²) in [6, 6.07) is 12.1. The van der Waals surface area contributed by atoms with Crippen molar-refractivity contribution in [2.75, 3.05) is 13.2 Å². The Balaban J connectivity index is 2.08. The lowest BCUT2D eigenvalue weighted by Crippen LogP contribution is -2.22. The van der Waals surface area contributed by atoms with Crippen molar-refractivity contribution in [3.63, 3.8) is 0 Å². The third kappa shape index (κ3) is 4.78. The molecule has 110 valence electrons. The van der Waals surface area contributed by atoms with Crippen molar-refractivity contribution >= 4 is 0 Å². The molecular formula is C18H21NO2. The molecule has 1 aromatic heterocycles. The van der Waals surface area contributed by atoms with Gasteiger partial charge in [0.15, 0.2) is 0 Å². The van der Waals surface area contributed by atoms with E-state index >= 15 is 0 Å². The maximum atomic E-state index is 8.82. The number of hydrogen-bond acceptors (Lipinski definition) is 3. The van der Waals surface area contributed by atoms with Crippen molar-refractivity contribution in [3.8, 4) is 11.8 Å². The molecule has 0 fully saturated rings. The zero-order valence-electron chi connectivity index (χ0n) is 12.4. The van der Waals surface area contributed by atoms with Crippen LogP contribution in [0.5, 0.6) is 0 Å². The van der Waals surface area contributed by atoms with Gasteiger partial charge in [-0.05, 0) is 30.3 Å². The number of nitrogens with zero attached hydrogens (tertiary/aromatic N) is 1. The molecule has 0 saturated heterocycles. The minimum atomic E-state index is 0.106. The van der Waals surface area contributed by atoms with Crippen molar-refractivity contribution in [1.82, 2.24) is 4.90 Å². The highest BCUT2D eigenvalue weighted by Gasteiger charge is 2.08. The molecular weight excluding hydrogens is 262 g/mol. The fourth-order valence-electron chi connectivity index (χ4n) is 2.14. The van der Waals surface area contributed by atoms with Crippen molar-refractivity contribution in [3.05, 3.63) is 59.5 Å². The van der Waals surface area contributed by atoms with Crippen LogP contribution in [0.3, 0.4) is 0 Å². The number of aliphatic hydroxyl groups is 1. The molecule has 2 rings (SSSR count). The van der Waals surface area contributed by atoms with Crippen molar-refractivity contribution < 1.29 is 9.52 Å². The first-order valence-corrected chi connectivity index (χ1v) is 7.26. The van der Waals surface area contributed by atoms with Gasteiger partial charge >= 0.3 is 0 Å².